The third kappa shape index (κ3) is 3.22. The summed E-state index contributed by atoms with van der Waals surface area (Å²) < 4.78 is 5.70. The van der Waals surface area contributed by atoms with E-state index in [1.54, 1.807) is 6.92 Å². The molecule has 0 spiro atoms. The molecule has 1 atom stereocenters. The lowest BCUT2D eigenvalue weighted by Gasteiger charge is -2.16. The van der Waals surface area contributed by atoms with Gasteiger partial charge in [0.25, 0.3) is 5.91 Å². The molecular formula is C14H19NO2. The largest absolute Gasteiger partial charge is 0.481 e. The Balaban J connectivity index is 1.98. The average Bonchev–Trinajstić information content (AvgIpc) is 3.07. The fourth-order valence-electron chi connectivity index (χ4n) is 1.62. The zero-order valence-corrected chi connectivity index (χ0v) is 10.6. The number of nitrogens with one attached hydrogen (secondary N) is 1. The molecule has 0 bridgehead atoms. The highest BCUT2D eigenvalue weighted by atomic mass is 16.5. The number of aryl methyl sites for hydroxylation is 2. The zero-order chi connectivity index (χ0) is 12.4. The summed E-state index contributed by atoms with van der Waals surface area (Å²) in [5.74, 6) is 0.775. The van der Waals surface area contributed by atoms with Gasteiger partial charge in [0.1, 0.15) is 5.75 Å². The minimum atomic E-state index is -0.434. The van der Waals surface area contributed by atoms with E-state index < -0.39 is 6.10 Å². The van der Waals surface area contributed by atoms with Crippen LogP contribution in [0.3, 0.4) is 0 Å². The van der Waals surface area contributed by atoms with E-state index in [-0.39, 0.29) is 5.91 Å². The molecule has 3 heteroatoms. The lowest BCUT2D eigenvalue weighted by molar-refractivity contribution is -0.127. The Kier molecular flexibility index (Phi) is 3.36. The Morgan fingerprint density at radius 3 is 2.76 bits per heavy atom. The van der Waals surface area contributed by atoms with Crippen LogP contribution in [0.2, 0.25) is 0 Å². The molecule has 2 rings (SSSR count). The Labute approximate surface area is 102 Å². The van der Waals surface area contributed by atoms with Gasteiger partial charge in [-0.1, -0.05) is 12.1 Å². The van der Waals surface area contributed by atoms with Gasteiger partial charge in [-0.2, -0.15) is 0 Å². The summed E-state index contributed by atoms with van der Waals surface area (Å²) in [5, 5.41) is 2.94. The van der Waals surface area contributed by atoms with Crippen molar-refractivity contribution in [2.75, 3.05) is 0 Å². The van der Waals surface area contributed by atoms with Gasteiger partial charge in [-0.3, -0.25) is 4.79 Å². The maximum atomic E-state index is 11.8. The minimum Gasteiger partial charge on any atom is -0.481 e. The van der Waals surface area contributed by atoms with Gasteiger partial charge >= 0.3 is 0 Å². The molecular weight excluding hydrogens is 214 g/mol. The highest BCUT2D eigenvalue weighted by molar-refractivity contribution is 5.81. The Morgan fingerprint density at radius 2 is 2.12 bits per heavy atom. The topological polar surface area (TPSA) is 38.3 Å². The predicted octanol–water partition coefficient (Wildman–Crippen LogP) is 2.35. The van der Waals surface area contributed by atoms with Crippen LogP contribution in [-0.4, -0.2) is 18.1 Å². The second-order valence-electron chi connectivity index (χ2n) is 4.81. The molecule has 1 unspecified atom stereocenters. The lowest BCUT2D eigenvalue weighted by Crippen LogP contribution is -2.37. The number of hydrogen-bond acceptors (Lipinski definition) is 2. The molecule has 1 aromatic rings. The second-order valence-corrected chi connectivity index (χ2v) is 4.81. The first-order valence-electron chi connectivity index (χ1n) is 6.10. The molecule has 0 radical (unpaired) electrons. The van der Waals surface area contributed by atoms with Crippen molar-refractivity contribution in [2.45, 2.75) is 45.8 Å². The summed E-state index contributed by atoms with van der Waals surface area (Å²) in [4.78, 5) is 11.8. The molecule has 0 saturated heterocycles. The summed E-state index contributed by atoms with van der Waals surface area (Å²) in [7, 11) is 0. The van der Waals surface area contributed by atoms with Crippen LogP contribution in [0.5, 0.6) is 5.75 Å². The Bertz CT molecular complexity index is 424. The van der Waals surface area contributed by atoms with E-state index in [9.17, 15) is 4.79 Å². The third-order valence-corrected chi connectivity index (χ3v) is 2.94. The number of hydrogen-bond donors (Lipinski definition) is 1. The van der Waals surface area contributed by atoms with E-state index in [4.69, 9.17) is 4.74 Å². The van der Waals surface area contributed by atoms with E-state index in [1.165, 1.54) is 0 Å². The summed E-state index contributed by atoms with van der Waals surface area (Å²) in [6.45, 7) is 5.79. The highest BCUT2D eigenvalue weighted by Crippen LogP contribution is 2.22. The molecule has 1 aromatic carbocycles. The molecule has 0 aromatic heterocycles. The highest BCUT2D eigenvalue weighted by Gasteiger charge is 2.26. The average molecular weight is 233 g/mol. The van der Waals surface area contributed by atoms with Crippen LogP contribution in [0.25, 0.3) is 0 Å². The quantitative estimate of drug-likeness (QED) is 0.867. The van der Waals surface area contributed by atoms with Crippen LogP contribution in [0.15, 0.2) is 18.2 Å². The van der Waals surface area contributed by atoms with Crippen molar-refractivity contribution in [3.8, 4) is 5.75 Å². The van der Waals surface area contributed by atoms with Gasteiger partial charge in [0, 0.05) is 6.04 Å². The van der Waals surface area contributed by atoms with Gasteiger partial charge < -0.3 is 10.1 Å². The summed E-state index contributed by atoms with van der Waals surface area (Å²) in [5.41, 5.74) is 2.20. The SMILES string of the molecule is Cc1ccc(C)c(OC(C)C(=O)NC2CC2)c1. The van der Waals surface area contributed by atoms with Crippen molar-refractivity contribution in [1.82, 2.24) is 5.32 Å². The molecule has 1 saturated carbocycles. The molecule has 1 amide bonds. The third-order valence-electron chi connectivity index (χ3n) is 2.94. The standard InChI is InChI=1S/C14H19NO2/c1-9-4-5-10(2)13(8-9)17-11(3)14(16)15-12-6-7-12/h4-5,8,11-12H,6-7H2,1-3H3,(H,15,16). The molecule has 3 nitrogen and oxygen atoms in total. The molecule has 0 heterocycles. The fraction of sp³-hybridized carbons (Fsp3) is 0.500. The maximum Gasteiger partial charge on any atom is 0.260 e. The molecule has 1 N–H and O–H groups in total. The molecule has 92 valence electrons. The van der Waals surface area contributed by atoms with Crippen molar-refractivity contribution in [3.05, 3.63) is 29.3 Å². The van der Waals surface area contributed by atoms with Crippen LogP contribution < -0.4 is 10.1 Å². The first kappa shape index (κ1) is 12.0. The monoisotopic (exact) mass is 233 g/mol. The van der Waals surface area contributed by atoms with Gasteiger partial charge in [0.05, 0.1) is 0 Å². The number of amides is 1. The smallest absolute Gasteiger partial charge is 0.260 e. The van der Waals surface area contributed by atoms with E-state index in [1.807, 2.05) is 32.0 Å². The second kappa shape index (κ2) is 4.78. The first-order chi connectivity index (χ1) is 8.06. The van der Waals surface area contributed by atoms with Crippen LogP contribution in [-0.2, 0) is 4.79 Å². The van der Waals surface area contributed by atoms with Crippen molar-refractivity contribution >= 4 is 5.91 Å². The Morgan fingerprint density at radius 1 is 1.41 bits per heavy atom. The van der Waals surface area contributed by atoms with Gasteiger partial charge in [-0.25, -0.2) is 0 Å². The minimum absolute atomic E-state index is 0.0200. The molecule has 1 aliphatic carbocycles. The van der Waals surface area contributed by atoms with Crippen molar-refractivity contribution < 1.29 is 9.53 Å². The fourth-order valence-corrected chi connectivity index (χ4v) is 1.62. The van der Waals surface area contributed by atoms with Crippen molar-refractivity contribution in [3.63, 3.8) is 0 Å². The number of carbonyl (C=O) groups excluding carboxylic acids is 1. The van der Waals surface area contributed by atoms with E-state index in [2.05, 4.69) is 5.32 Å². The number of rotatable bonds is 4. The van der Waals surface area contributed by atoms with E-state index in [0.717, 1.165) is 29.7 Å². The molecule has 17 heavy (non-hydrogen) atoms. The van der Waals surface area contributed by atoms with Gasteiger partial charge in [0.15, 0.2) is 6.10 Å². The van der Waals surface area contributed by atoms with E-state index >= 15 is 0 Å². The zero-order valence-electron chi connectivity index (χ0n) is 10.6. The Hall–Kier alpha value is -1.51. The van der Waals surface area contributed by atoms with Gasteiger partial charge in [-0.05, 0) is 50.8 Å². The lowest BCUT2D eigenvalue weighted by atomic mass is 10.1. The molecule has 1 fully saturated rings. The number of ether oxygens (including phenoxy) is 1. The van der Waals surface area contributed by atoms with Crippen LogP contribution in [0.1, 0.15) is 30.9 Å². The number of carbonyl (C=O) groups is 1. The van der Waals surface area contributed by atoms with E-state index in [0.29, 0.717) is 6.04 Å². The number of benzene rings is 1. The summed E-state index contributed by atoms with van der Waals surface area (Å²) in [6.07, 6.45) is 1.76. The van der Waals surface area contributed by atoms with Crippen molar-refractivity contribution in [1.29, 1.82) is 0 Å². The predicted molar refractivity (Wildman–Crippen MR) is 67.2 cm³/mol. The van der Waals surface area contributed by atoms with Crippen molar-refractivity contribution in [2.24, 2.45) is 0 Å². The summed E-state index contributed by atoms with van der Waals surface area (Å²) >= 11 is 0. The van der Waals surface area contributed by atoms with Crippen LogP contribution in [0, 0.1) is 13.8 Å². The normalized spacial score (nSPS) is 16.4. The van der Waals surface area contributed by atoms with Crippen LogP contribution in [0.4, 0.5) is 0 Å². The molecule has 1 aliphatic rings. The van der Waals surface area contributed by atoms with Gasteiger partial charge in [-0.15, -0.1) is 0 Å². The van der Waals surface area contributed by atoms with Crippen LogP contribution >= 0.6 is 0 Å². The first-order valence-corrected chi connectivity index (χ1v) is 6.10. The molecule has 0 aliphatic heterocycles. The maximum absolute atomic E-state index is 11.8. The van der Waals surface area contributed by atoms with Gasteiger partial charge in [0.2, 0.25) is 0 Å². The summed E-state index contributed by atoms with van der Waals surface area (Å²) in [6, 6.07) is 6.40.